The van der Waals surface area contributed by atoms with E-state index in [1.54, 1.807) is 18.5 Å². The van der Waals surface area contributed by atoms with Crippen molar-refractivity contribution in [2.75, 3.05) is 25.5 Å². The van der Waals surface area contributed by atoms with Crippen LogP contribution in [-0.2, 0) is 6.54 Å². The molecule has 4 heterocycles. The fourth-order valence-corrected chi connectivity index (χ4v) is 3.67. The molecule has 0 amide bonds. The molecule has 1 fully saturated rings. The first-order valence-corrected chi connectivity index (χ1v) is 7.71. The molecule has 0 unspecified atom stereocenters. The molecule has 2 aliphatic rings. The number of halogens is 1. The first-order valence-electron chi connectivity index (χ1n) is 7.71. The van der Waals surface area contributed by atoms with Gasteiger partial charge < -0.3 is 15.2 Å². The topological polar surface area (TPSA) is 71.8 Å². The van der Waals surface area contributed by atoms with Gasteiger partial charge in [0.1, 0.15) is 5.69 Å². The largest absolute Gasteiger partial charge is 0.371 e. The van der Waals surface area contributed by atoms with E-state index in [1.165, 1.54) is 0 Å². The monoisotopic (exact) mass is 333 g/mol. The lowest BCUT2D eigenvalue weighted by Crippen LogP contribution is -2.44. The summed E-state index contributed by atoms with van der Waals surface area (Å²) in [7, 11) is 1.81. The summed E-state index contributed by atoms with van der Waals surface area (Å²) in [5.74, 6) is 1.68. The van der Waals surface area contributed by atoms with Crippen LogP contribution in [0.4, 0.5) is 5.82 Å². The van der Waals surface area contributed by atoms with Crippen LogP contribution in [0.3, 0.4) is 0 Å². The number of anilines is 1. The van der Waals surface area contributed by atoms with E-state index >= 15 is 0 Å². The van der Waals surface area contributed by atoms with E-state index in [9.17, 15) is 4.79 Å². The molecule has 0 aliphatic carbocycles. The van der Waals surface area contributed by atoms with Gasteiger partial charge in [-0.3, -0.25) is 9.78 Å². The van der Waals surface area contributed by atoms with Crippen LogP contribution in [0.25, 0.3) is 11.3 Å². The first kappa shape index (κ1) is 16.0. The van der Waals surface area contributed by atoms with Crippen LogP contribution < -0.4 is 16.2 Å². The van der Waals surface area contributed by atoms with Crippen LogP contribution in [0.1, 0.15) is 18.0 Å². The number of hydrogen-bond donors (Lipinski definition) is 2. The second-order valence-corrected chi connectivity index (χ2v) is 6.08. The predicted octanol–water partition coefficient (Wildman–Crippen LogP) is 1.48. The van der Waals surface area contributed by atoms with Crippen molar-refractivity contribution in [3.05, 3.63) is 40.6 Å². The van der Waals surface area contributed by atoms with E-state index in [0.29, 0.717) is 17.7 Å². The highest BCUT2D eigenvalue weighted by molar-refractivity contribution is 5.85. The summed E-state index contributed by atoms with van der Waals surface area (Å²) < 4.78 is 1.94. The molecular formula is C16H20ClN5O. The molecule has 0 radical (unpaired) electrons. The van der Waals surface area contributed by atoms with Crippen molar-refractivity contribution in [1.82, 2.24) is 19.9 Å². The lowest BCUT2D eigenvalue weighted by molar-refractivity contribution is 0.257. The van der Waals surface area contributed by atoms with Crippen molar-refractivity contribution in [3.63, 3.8) is 0 Å². The molecule has 6 nitrogen and oxygen atoms in total. The summed E-state index contributed by atoms with van der Waals surface area (Å²) in [6, 6.07) is 3.79. The van der Waals surface area contributed by atoms with E-state index in [1.807, 2.05) is 11.6 Å². The average molecular weight is 334 g/mol. The molecule has 0 spiro atoms. The van der Waals surface area contributed by atoms with Gasteiger partial charge in [-0.2, -0.15) is 0 Å². The Morgan fingerprint density at radius 2 is 2.09 bits per heavy atom. The van der Waals surface area contributed by atoms with E-state index < -0.39 is 0 Å². The Morgan fingerprint density at radius 1 is 1.26 bits per heavy atom. The molecule has 2 aliphatic heterocycles. The van der Waals surface area contributed by atoms with Gasteiger partial charge in [0.2, 0.25) is 0 Å². The van der Waals surface area contributed by atoms with Crippen LogP contribution in [0.15, 0.2) is 29.3 Å². The van der Waals surface area contributed by atoms with Crippen LogP contribution in [0, 0.1) is 5.92 Å². The van der Waals surface area contributed by atoms with Gasteiger partial charge in [0.05, 0.1) is 0 Å². The van der Waals surface area contributed by atoms with Gasteiger partial charge in [0, 0.05) is 55.8 Å². The third kappa shape index (κ3) is 2.72. The molecule has 0 saturated carbocycles. The SMILES string of the molecule is CNc1nccnc1-c1cc2n(c(=O)c1)C[C@@H]1CNC[C@H]2C1.Cl. The molecule has 2 aromatic rings. The molecule has 2 N–H and O–H groups in total. The van der Waals surface area contributed by atoms with Crippen molar-refractivity contribution in [1.29, 1.82) is 0 Å². The van der Waals surface area contributed by atoms with Gasteiger partial charge in [-0.05, 0) is 24.9 Å². The van der Waals surface area contributed by atoms with Crippen LogP contribution in [-0.4, -0.2) is 34.7 Å². The number of nitrogens with one attached hydrogen (secondary N) is 2. The Labute approximate surface area is 140 Å². The molecule has 7 heteroatoms. The molecule has 2 bridgehead atoms. The highest BCUT2D eigenvalue weighted by Crippen LogP contribution is 2.34. The predicted molar refractivity (Wildman–Crippen MR) is 92.2 cm³/mol. The second-order valence-electron chi connectivity index (χ2n) is 6.08. The van der Waals surface area contributed by atoms with Crippen molar-refractivity contribution in [2.45, 2.75) is 18.9 Å². The van der Waals surface area contributed by atoms with E-state index in [2.05, 4.69) is 26.7 Å². The number of rotatable bonds is 2. The van der Waals surface area contributed by atoms with Crippen LogP contribution >= 0.6 is 12.4 Å². The standard InChI is InChI=1S/C16H19N5O.ClH/c1-17-16-15(19-2-3-20-16)11-5-13-12-4-10(7-18-8-12)9-21(13)14(22)6-11;/h2-3,5-6,10,12,18H,4,7-9H2,1H3,(H,17,20);1H/t10-,12+;/m0./s1. The van der Waals surface area contributed by atoms with E-state index in [-0.39, 0.29) is 18.0 Å². The number of pyridine rings is 1. The molecule has 2 aromatic heterocycles. The smallest absolute Gasteiger partial charge is 0.251 e. The maximum absolute atomic E-state index is 12.6. The fraction of sp³-hybridized carbons (Fsp3) is 0.438. The lowest BCUT2D eigenvalue weighted by Gasteiger charge is -2.37. The van der Waals surface area contributed by atoms with Gasteiger partial charge in [0.25, 0.3) is 5.56 Å². The van der Waals surface area contributed by atoms with Crippen molar-refractivity contribution in [3.8, 4) is 11.3 Å². The normalized spacial score (nSPS) is 22.0. The zero-order valence-electron chi connectivity index (χ0n) is 13.0. The highest BCUT2D eigenvalue weighted by Gasteiger charge is 2.31. The average Bonchev–Trinajstić information content (AvgIpc) is 2.56. The third-order valence-electron chi connectivity index (χ3n) is 4.67. The summed E-state index contributed by atoms with van der Waals surface area (Å²) in [5, 5.41) is 6.52. The second kappa shape index (κ2) is 6.29. The lowest BCUT2D eigenvalue weighted by atomic mass is 9.83. The molecule has 0 aromatic carbocycles. The summed E-state index contributed by atoms with van der Waals surface area (Å²) in [6.07, 6.45) is 4.47. The summed E-state index contributed by atoms with van der Waals surface area (Å²) in [6.45, 7) is 2.77. The summed E-state index contributed by atoms with van der Waals surface area (Å²) >= 11 is 0. The molecule has 122 valence electrons. The zero-order valence-corrected chi connectivity index (χ0v) is 13.8. The minimum atomic E-state index is 0. The van der Waals surface area contributed by atoms with Gasteiger partial charge in [-0.15, -0.1) is 12.4 Å². The number of piperidine rings is 1. The van der Waals surface area contributed by atoms with Crippen molar-refractivity contribution in [2.24, 2.45) is 5.92 Å². The molecule has 2 atom stereocenters. The Balaban J connectivity index is 0.00000156. The maximum atomic E-state index is 12.6. The number of hydrogen-bond acceptors (Lipinski definition) is 5. The fourth-order valence-electron chi connectivity index (χ4n) is 3.67. The Bertz CT molecular complexity index is 775. The van der Waals surface area contributed by atoms with Gasteiger partial charge in [-0.1, -0.05) is 0 Å². The third-order valence-corrected chi connectivity index (χ3v) is 4.67. The molecule has 23 heavy (non-hydrogen) atoms. The quantitative estimate of drug-likeness (QED) is 0.871. The van der Waals surface area contributed by atoms with Crippen molar-refractivity contribution < 1.29 is 0 Å². The Kier molecular flexibility index (Phi) is 4.37. The number of fused-ring (bicyclic) bond motifs is 4. The molecular weight excluding hydrogens is 314 g/mol. The Morgan fingerprint density at radius 3 is 2.91 bits per heavy atom. The zero-order chi connectivity index (χ0) is 15.1. The van der Waals surface area contributed by atoms with Gasteiger partial charge >= 0.3 is 0 Å². The number of aromatic nitrogens is 3. The summed E-state index contributed by atoms with van der Waals surface area (Å²) in [5.41, 5.74) is 2.77. The van der Waals surface area contributed by atoms with Crippen LogP contribution in [0.5, 0.6) is 0 Å². The minimum Gasteiger partial charge on any atom is -0.371 e. The van der Waals surface area contributed by atoms with Gasteiger partial charge in [0.15, 0.2) is 5.82 Å². The highest BCUT2D eigenvalue weighted by atomic mass is 35.5. The first-order chi connectivity index (χ1) is 10.8. The minimum absolute atomic E-state index is 0. The number of nitrogens with zero attached hydrogens (tertiary/aromatic N) is 3. The van der Waals surface area contributed by atoms with Crippen molar-refractivity contribution >= 4 is 18.2 Å². The van der Waals surface area contributed by atoms with Crippen LogP contribution in [0.2, 0.25) is 0 Å². The maximum Gasteiger partial charge on any atom is 0.251 e. The van der Waals surface area contributed by atoms with Gasteiger partial charge in [-0.25, -0.2) is 4.98 Å². The molecule has 1 saturated heterocycles. The van der Waals surface area contributed by atoms with E-state index in [4.69, 9.17) is 0 Å². The summed E-state index contributed by atoms with van der Waals surface area (Å²) in [4.78, 5) is 21.2. The van der Waals surface area contributed by atoms with E-state index in [0.717, 1.165) is 43.0 Å². The molecule has 4 rings (SSSR count). The Hall–Kier alpha value is -1.92.